The number of nitrogens with one attached hydrogen (secondary N) is 1. The normalized spacial score (nSPS) is 30.9. The average Bonchev–Trinajstić information content (AvgIpc) is 2.68. The third-order valence-corrected chi connectivity index (χ3v) is 3.89. The molecule has 2 nitrogen and oxygen atoms in total. The molecule has 0 bridgehead atoms. The molecule has 1 aromatic rings. The Hall–Kier alpha value is -1.28. The molecule has 0 saturated heterocycles. The summed E-state index contributed by atoms with van der Waals surface area (Å²) < 4.78 is 0. The molecule has 0 aromatic heterocycles. The molecule has 1 aromatic carbocycles. The summed E-state index contributed by atoms with van der Waals surface area (Å²) in [5, 5.41) is 12.8. The molecule has 1 saturated carbocycles. The van der Waals surface area contributed by atoms with Gasteiger partial charge in [-0.05, 0) is 24.8 Å². The monoisotopic (exact) mass is 215 g/mol. The quantitative estimate of drug-likeness (QED) is 0.759. The van der Waals surface area contributed by atoms with Crippen molar-refractivity contribution >= 4 is 5.69 Å². The van der Waals surface area contributed by atoms with Crippen molar-refractivity contribution in [2.24, 2.45) is 11.8 Å². The lowest BCUT2D eigenvalue weighted by Gasteiger charge is -2.41. The van der Waals surface area contributed by atoms with Crippen LogP contribution in [0.1, 0.15) is 18.4 Å². The Morgan fingerprint density at radius 1 is 1.31 bits per heavy atom. The van der Waals surface area contributed by atoms with E-state index in [4.69, 9.17) is 0 Å². The van der Waals surface area contributed by atoms with Crippen molar-refractivity contribution in [1.82, 2.24) is 0 Å². The maximum absolute atomic E-state index is 9.26. The van der Waals surface area contributed by atoms with Crippen molar-refractivity contribution in [2.75, 3.05) is 5.32 Å². The Morgan fingerprint density at radius 2 is 2.19 bits per heavy atom. The molecule has 2 aliphatic rings. The van der Waals surface area contributed by atoms with E-state index < -0.39 is 0 Å². The molecule has 0 spiro atoms. The summed E-state index contributed by atoms with van der Waals surface area (Å²) >= 11 is 0. The Morgan fingerprint density at radius 3 is 3.00 bits per heavy atom. The molecular formula is C14H17NO. The van der Waals surface area contributed by atoms with Crippen molar-refractivity contribution in [1.29, 1.82) is 0 Å². The van der Waals surface area contributed by atoms with Crippen LogP contribution in [-0.2, 0) is 6.61 Å². The molecule has 0 radical (unpaired) electrons. The maximum atomic E-state index is 9.26. The first-order chi connectivity index (χ1) is 7.88. The summed E-state index contributed by atoms with van der Waals surface area (Å²) in [6.07, 6.45) is 7.16. The molecule has 84 valence electrons. The van der Waals surface area contributed by atoms with Crippen molar-refractivity contribution in [3.8, 4) is 0 Å². The average molecular weight is 215 g/mol. The highest BCUT2D eigenvalue weighted by atomic mass is 16.3. The number of aliphatic hydroxyl groups is 1. The summed E-state index contributed by atoms with van der Waals surface area (Å²) in [6, 6.07) is 8.58. The van der Waals surface area contributed by atoms with E-state index in [2.05, 4.69) is 23.5 Å². The van der Waals surface area contributed by atoms with E-state index in [-0.39, 0.29) is 6.61 Å². The number of aliphatic hydroxyl groups excluding tert-OH is 1. The number of benzene rings is 1. The lowest BCUT2D eigenvalue weighted by molar-refractivity contribution is 0.217. The summed E-state index contributed by atoms with van der Waals surface area (Å²) in [5.74, 6) is 1.59. The highest BCUT2D eigenvalue weighted by Gasteiger charge is 2.40. The minimum Gasteiger partial charge on any atom is -0.392 e. The number of rotatable bonds is 3. The van der Waals surface area contributed by atoms with Gasteiger partial charge >= 0.3 is 0 Å². The molecule has 3 unspecified atom stereocenters. The molecule has 2 N–H and O–H groups in total. The van der Waals surface area contributed by atoms with Crippen LogP contribution < -0.4 is 5.32 Å². The Labute approximate surface area is 96.0 Å². The van der Waals surface area contributed by atoms with E-state index in [1.165, 1.54) is 12.8 Å². The van der Waals surface area contributed by atoms with Gasteiger partial charge in [0.15, 0.2) is 0 Å². The molecule has 16 heavy (non-hydrogen) atoms. The number of fused-ring (bicyclic) bond motifs is 1. The zero-order valence-electron chi connectivity index (χ0n) is 9.26. The van der Waals surface area contributed by atoms with Crippen LogP contribution in [0.25, 0.3) is 0 Å². The lowest BCUT2D eigenvalue weighted by Crippen LogP contribution is -2.43. The summed E-state index contributed by atoms with van der Waals surface area (Å²) in [5.41, 5.74) is 2.08. The van der Waals surface area contributed by atoms with Crippen LogP contribution in [0.5, 0.6) is 0 Å². The summed E-state index contributed by atoms with van der Waals surface area (Å²) in [7, 11) is 0. The second-order valence-electron chi connectivity index (χ2n) is 4.80. The largest absolute Gasteiger partial charge is 0.392 e. The molecule has 3 atom stereocenters. The zero-order valence-corrected chi connectivity index (χ0v) is 9.26. The van der Waals surface area contributed by atoms with Gasteiger partial charge in [-0.25, -0.2) is 0 Å². The van der Waals surface area contributed by atoms with Crippen LogP contribution in [0.4, 0.5) is 5.69 Å². The fourth-order valence-corrected chi connectivity index (χ4v) is 2.88. The van der Waals surface area contributed by atoms with Gasteiger partial charge in [0.2, 0.25) is 0 Å². The molecule has 2 aliphatic carbocycles. The number of allylic oxidation sites excluding steroid dienone is 1. The highest BCUT2D eigenvalue weighted by Crippen LogP contribution is 2.44. The topological polar surface area (TPSA) is 32.3 Å². The highest BCUT2D eigenvalue weighted by molar-refractivity contribution is 5.52. The lowest BCUT2D eigenvalue weighted by atomic mass is 9.71. The predicted octanol–water partition coefficient (Wildman–Crippen LogP) is 2.56. The first-order valence-corrected chi connectivity index (χ1v) is 6.00. The Kier molecular flexibility index (Phi) is 2.44. The molecule has 3 rings (SSSR count). The van der Waals surface area contributed by atoms with E-state index >= 15 is 0 Å². The third-order valence-electron chi connectivity index (χ3n) is 3.89. The van der Waals surface area contributed by atoms with Gasteiger partial charge in [-0.1, -0.05) is 30.4 Å². The van der Waals surface area contributed by atoms with Crippen molar-refractivity contribution in [3.05, 3.63) is 42.0 Å². The molecule has 0 amide bonds. The fraction of sp³-hybridized carbons (Fsp3) is 0.429. The molecule has 1 fully saturated rings. The van der Waals surface area contributed by atoms with Crippen molar-refractivity contribution in [3.63, 3.8) is 0 Å². The summed E-state index contributed by atoms with van der Waals surface area (Å²) in [4.78, 5) is 0. The van der Waals surface area contributed by atoms with Crippen LogP contribution in [0.15, 0.2) is 36.4 Å². The Balaban J connectivity index is 1.72. The summed E-state index contributed by atoms with van der Waals surface area (Å²) in [6.45, 7) is 0.111. The SMILES string of the molecule is OCc1ccccc1NC1CC2CC=CC21. The van der Waals surface area contributed by atoms with Gasteiger partial charge in [0.25, 0.3) is 0 Å². The van der Waals surface area contributed by atoms with Gasteiger partial charge < -0.3 is 10.4 Å². The standard InChI is InChI=1S/C14H17NO/c16-9-11-4-1-2-7-13(11)15-14-8-10-5-3-6-12(10)14/h1-4,6-7,10,12,14-16H,5,8-9H2. The van der Waals surface area contributed by atoms with Crippen LogP contribution in [0.2, 0.25) is 0 Å². The van der Waals surface area contributed by atoms with Crippen molar-refractivity contribution in [2.45, 2.75) is 25.5 Å². The first kappa shape index (κ1) is 9.91. The zero-order chi connectivity index (χ0) is 11.0. The van der Waals surface area contributed by atoms with E-state index in [9.17, 15) is 5.11 Å². The Bertz CT molecular complexity index is 413. The van der Waals surface area contributed by atoms with Crippen molar-refractivity contribution < 1.29 is 5.11 Å². The molecule has 2 heteroatoms. The fourth-order valence-electron chi connectivity index (χ4n) is 2.88. The van der Waals surface area contributed by atoms with Gasteiger partial charge in [0.1, 0.15) is 0 Å². The number of hydrogen-bond donors (Lipinski definition) is 2. The van der Waals surface area contributed by atoms with E-state index in [1.807, 2.05) is 18.2 Å². The van der Waals surface area contributed by atoms with Crippen LogP contribution >= 0.6 is 0 Å². The number of para-hydroxylation sites is 1. The molecular weight excluding hydrogens is 198 g/mol. The van der Waals surface area contributed by atoms with Gasteiger partial charge in [0, 0.05) is 23.2 Å². The predicted molar refractivity (Wildman–Crippen MR) is 65.1 cm³/mol. The van der Waals surface area contributed by atoms with E-state index in [0.717, 1.165) is 17.2 Å². The van der Waals surface area contributed by atoms with Crippen LogP contribution in [0.3, 0.4) is 0 Å². The maximum Gasteiger partial charge on any atom is 0.0701 e. The van der Waals surface area contributed by atoms with Gasteiger partial charge in [-0.2, -0.15) is 0 Å². The second kappa shape index (κ2) is 3.95. The third kappa shape index (κ3) is 1.54. The smallest absolute Gasteiger partial charge is 0.0701 e. The van der Waals surface area contributed by atoms with Gasteiger partial charge in [0.05, 0.1) is 6.61 Å². The van der Waals surface area contributed by atoms with E-state index in [0.29, 0.717) is 12.0 Å². The minimum absolute atomic E-state index is 0.111. The number of hydrogen-bond acceptors (Lipinski definition) is 2. The van der Waals surface area contributed by atoms with Crippen LogP contribution in [-0.4, -0.2) is 11.1 Å². The van der Waals surface area contributed by atoms with Gasteiger partial charge in [-0.3, -0.25) is 0 Å². The minimum atomic E-state index is 0.111. The number of anilines is 1. The first-order valence-electron chi connectivity index (χ1n) is 6.00. The molecule has 0 heterocycles. The second-order valence-corrected chi connectivity index (χ2v) is 4.80. The van der Waals surface area contributed by atoms with Crippen LogP contribution in [0, 0.1) is 11.8 Å². The molecule has 0 aliphatic heterocycles. The van der Waals surface area contributed by atoms with Gasteiger partial charge in [-0.15, -0.1) is 0 Å². The van der Waals surface area contributed by atoms with E-state index in [1.54, 1.807) is 0 Å².